The van der Waals surface area contributed by atoms with E-state index in [1.165, 1.54) is 0 Å². The van der Waals surface area contributed by atoms with Crippen LogP contribution in [0.4, 0.5) is 0 Å². The van der Waals surface area contributed by atoms with Crippen LogP contribution in [0.2, 0.25) is 0 Å². The molecule has 1 aliphatic rings. The number of carbonyl (C=O) groups excluding carboxylic acids is 1. The summed E-state index contributed by atoms with van der Waals surface area (Å²) in [5.41, 5.74) is 1.69. The van der Waals surface area contributed by atoms with E-state index >= 15 is 0 Å². The Hall–Kier alpha value is -1.76. The average molecular weight is 318 g/mol. The standard InChI is InChI=1S/C16H18N2O3S/c1-18(10-14-11-20-7-8-21-14)16(19)13-4-2-12(3-5-13)15-17-6-9-22-15/h2-6,9,14H,7-8,10-11H2,1H3/t14-/m0/s1. The Morgan fingerprint density at radius 1 is 1.36 bits per heavy atom. The zero-order valence-electron chi connectivity index (χ0n) is 12.4. The predicted molar refractivity (Wildman–Crippen MR) is 85.1 cm³/mol. The summed E-state index contributed by atoms with van der Waals surface area (Å²) in [6.45, 7) is 2.30. The van der Waals surface area contributed by atoms with Crippen molar-refractivity contribution in [3.8, 4) is 10.6 Å². The minimum Gasteiger partial charge on any atom is -0.376 e. The van der Waals surface area contributed by atoms with E-state index in [9.17, 15) is 4.79 Å². The fourth-order valence-corrected chi connectivity index (χ4v) is 3.02. The summed E-state index contributed by atoms with van der Waals surface area (Å²) < 4.78 is 10.9. The SMILES string of the molecule is CN(C[C@H]1COCCO1)C(=O)c1ccc(-c2nccs2)cc1. The highest BCUT2D eigenvalue weighted by atomic mass is 32.1. The van der Waals surface area contributed by atoms with Crippen LogP contribution in [0.5, 0.6) is 0 Å². The molecule has 116 valence electrons. The minimum atomic E-state index is -0.0442. The van der Waals surface area contributed by atoms with Gasteiger partial charge in [-0.3, -0.25) is 4.79 Å². The Balaban J connectivity index is 1.63. The Kier molecular flexibility index (Phi) is 4.82. The number of nitrogens with zero attached hydrogens (tertiary/aromatic N) is 2. The summed E-state index contributed by atoms with van der Waals surface area (Å²) in [6.07, 6.45) is 1.73. The van der Waals surface area contributed by atoms with E-state index in [1.54, 1.807) is 29.5 Å². The van der Waals surface area contributed by atoms with E-state index in [1.807, 2.05) is 29.6 Å². The van der Waals surface area contributed by atoms with E-state index in [0.29, 0.717) is 31.9 Å². The summed E-state index contributed by atoms with van der Waals surface area (Å²) in [6, 6.07) is 7.54. The van der Waals surface area contributed by atoms with Crippen molar-refractivity contribution in [1.82, 2.24) is 9.88 Å². The third-order valence-corrected chi connectivity index (χ3v) is 4.34. The Morgan fingerprint density at radius 2 is 2.18 bits per heavy atom. The number of rotatable bonds is 4. The lowest BCUT2D eigenvalue weighted by Crippen LogP contribution is -2.40. The van der Waals surface area contributed by atoms with Crippen molar-refractivity contribution in [2.75, 3.05) is 33.4 Å². The first-order valence-electron chi connectivity index (χ1n) is 7.19. The summed E-state index contributed by atoms with van der Waals surface area (Å²) in [5, 5.41) is 2.90. The molecule has 0 N–H and O–H groups in total. The van der Waals surface area contributed by atoms with Gasteiger partial charge in [0, 0.05) is 36.3 Å². The van der Waals surface area contributed by atoms with Gasteiger partial charge >= 0.3 is 0 Å². The highest BCUT2D eigenvalue weighted by Gasteiger charge is 2.20. The molecule has 5 nitrogen and oxygen atoms in total. The topological polar surface area (TPSA) is 51.7 Å². The van der Waals surface area contributed by atoms with Crippen molar-refractivity contribution < 1.29 is 14.3 Å². The molecule has 0 unspecified atom stereocenters. The molecule has 0 aliphatic carbocycles. The first-order valence-corrected chi connectivity index (χ1v) is 8.07. The van der Waals surface area contributed by atoms with Gasteiger partial charge in [0.25, 0.3) is 5.91 Å². The van der Waals surface area contributed by atoms with Gasteiger partial charge in [-0.25, -0.2) is 4.98 Å². The van der Waals surface area contributed by atoms with Crippen molar-refractivity contribution in [3.63, 3.8) is 0 Å². The van der Waals surface area contributed by atoms with Crippen molar-refractivity contribution in [3.05, 3.63) is 41.4 Å². The molecule has 0 bridgehead atoms. The Bertz CT molecular complexity index is 607. The maximum absolute atomic E-state index is 12.4. The van der Waals surface area contributed by atoms with Crippen LogP contribution < -0.4 is 0 Å². The van der Waals surface area contributed by atoms with Gasteiger partial charge in [-0.15, -0.1) is 11.3 Å². The molecule has 0 saturated carbocycles. The number of thiazole rings is 1. The maximum Gasteiger partial charge on any atom is 0.253 e. The van der Waals surface area contributed by atoms with Gasteiger partial charge in [-0.05, 0) is 12.1 Å². The summed E-state index contributed by atoms with van der Waals surface area (Å²) >= 11 is 1.58. The summed E-state index contributed by atoms with van der Waals surface area (Å²) in [5.74, 6) is -0.0140. The molecule has 1 saturated heterocycles. The van der Waals surface area contributed by atoms with E-state index in [-0.39, 0.29) is 12.0 Å². The molecule has 6 heteroatoms. The largest absolute Gasteiger partial charge is 0.376 e. The third-order valence-electron chi connectivity index (χ3n) is 3.52. The van der Waals surface area contributed by atoms with Crippen LogP contribution in [-0.4, -0.2) is 55.3 Å². The second-order valence-electron chi connectivity index (χ2n) is 5.17. The molecular weight excluding hydrogens is 300 g/mol. The molecule has 1 aromatic carbocycles. The van der Waals surface area contributed by atoms with Crippen LogP contribution in [0.1, 0.15) is 10.4 Å². The van der Waals surface area contributed by atoms with Crippen LogP contribution >= 0.6 is 11.3 Å². The van der Waals surface area contributed by atoms with Crippen LogP contribution in [0.25, 0.3) is 10.6 Å². The molecule has 0 radical (unpaired) electrons. The van der Waals surface area contributed by atoms with Gasteiger partial charge in [0.1, 0.15) is 5.01 Å². The number of carbonyl (C=O) groups is 1. The smallest absolute Gasteiger partial charge is 0.253 e. The van der Waals surface area contributed by atoms with Crippen molar-refractivity contribution in [2.45, 2.75) is 6.10 Å². The van der Waals surface area contributed by atoms with Crippen LogP contribution in [0.3, 0.4) is 0 Å². The first kappa shape index (κ1) is 15.1. The van der Waals surface area contributed by atoms with Crippen molar-refractivity contribution in [2.24, 2.45) is 0 Å². The second-order valence-corrected chi connectivity index (χ2v) is 6.06. The van der Waals surface area contributed by atoms with Gasteiger partial charge in [0.2, 0.25) is 0 Å². The fourth-order valence-electron chi connectivity index (χ4n) is 2.37. The number of ether oxygens (including phenoxy) is 2. The molecule has 2 heterocycles. The van der Waals surface area contributed by atoms with Gasteiger partial charge in [-0.1, -0.05) is 12.1 Å². The lowest BCUT2D eigenvalue weighted by atomic mass is 10.1. The summed E-state index contributed by atoms with van der Waals surface area (Å²) in [4.78, 5) is 18.4. The van der Waals surface area contributed by atoms with Gasteiger partial charge in [-0.2, -0.15) is 0 Å². The van der Waals surface area contributed by atoms with Crippen LogP contribution in [0.15, 0.2) is 35.8 Å². The molecule has 22 heavy (non-hydrogen) atoms. The molecule has 1 amide bonds. The van der Waals surface area contributed by atoms with Crippen LogP contribution in [0, 0.1) is 0 Å². The number of benzene rings is 1. The van der Waals surface area contributed by atoms with Gasteiger partial charge in [0.05, 0.1) is 25.9 Å². The normalized spacial score (nSPS) is 18.1. The highest BCUT2D eigenvalue weighted by molar-refractivity contribution is 7.13. The van der Waals surface area contributed by atoms with Crippen molar-refractivity contribution >= 4 is 17.2 Å². The number of amides is 1. The molecule has 3 rings (SSSR count). The Morgan fingerprint density at radius 3 is 2.82 bits per heavy atom. The fraction of sp³-hybridized carbons (Fsp3) is 0.375. The zero-order chi connectivity index (χ0) is 15.4. The third kappa shape index (κ3) is 3.52. The van der Waals surface area contributed by atoms with E-state index < -0.39 is 0 Å². The lowest BCUT2D eigenvalue weighted by Gasteiger charge is -2.27. The number of hydrogen-bond acceptors (Lipinski definition) is 5. The maximum atomic E-state index is 12.4. The van der Waals surface area contributed by atoms with E-state index in [4.69, 9.17) is 9.47 Å². The van der Waals surface area contributed by atoms with E-state index in [0.717, 1.165) is 10.6 Å². The second kappa shape index (κ2) is 7.00. The van der Waals surface area contributed by atoms with Gasteiger partial charge in [0.15, 0.2) is 0 Å². The monoisotopic (exact) mass is 318 g/mol. The molecular formula is C16H18N2O3S. The lowest BCUT2D eigenvalue weighted by molar-refractivity contribution is -0.0933. The average Bonchev–Trinajstić information content (AvgIpc) is 3.10. The molecule has 1 aromatic heterocycles. The molecule has 1 fully saturated rings. The first-order chi connectivity index (χ1) is 10.7. The predicted octanol–water partition coefficient (Wildman–Crippen LogP) is 2.30. The van der Waals surface area contributed by atoms with Gasteiger partial charge < -0.3 is 14.4 Å². The molecule has 1 atom stereocenters. The highest BCUT2D eigenvalue weighted by Crippen LogP contribution is 2.22. The quantitative estimate of drug-likeness (QED) is 0.868. The Labute approximate surface area is 133 Å². The number of aromatic nitrogens is 1. The number of likely N-dealkylation sites (N-methyl/N-ethyl adjacent to an activating group) is 1. The molecule has 2 aromatic rings. The number of hydrogen-bond donors (Lipinski definition) is 0. The minimum absolute atomic E-state index is 0.0140. The molecule has 1 aliphatic heterocycles. The molecule has 0 spiro atoms. The van der Waals surface area contributed by atoms with Crippen molar-refractivity contribution in [1.29, 1.82) is 0 Å². The summed E-state index contributed by atoms with van der Waals surface area (Å²) in [7, 11) is 1.79. The van der Waals surface area contributed by atoms with Crippen LogP contribution in [-0.2, 0) is 9.47 Å². The van der Waals surface area contributed by atoms with E-state index in [2.05, 4.69) is 4.98 Å². The zero-order valence-corrected chi connectivity index (χ0v) is 13.2.